The number of carbonyl (C=O) groups is 2. The Hall–Kier alpha value is -4.72. The van der Waals surface area contributed by atoms with E-state index < -0.39 is 17.2 Å². The van der Waals surface area contributed by atoms with Gasteiger partial charge in [-0.05, 0) is 29.8 Å². The number of carbonyl (C=O) groups excluding carboxylic acids is 2. The van der Waals surface area contributed by atoms with E-state index in [-0.39, 0.29) is 34.8 Å². The number of aromatic nitrogens is 2. The Labute approximate surface area is 187 Å². The highest BCUT2D eigenvalue weighted by molar-refractivity contribution is 6.15. The van der Waals surface area contributed by atoms with E-state index in [1.165, 1.54) is 24.4 Å². The summed E-state index contributed by atoms with van der Waals surface area (Å²) in [5, 5.41) is 12.9. The van der Waals surface area contributed by atoms with E-state index in [0.29, 0.717) is 11.1 Å². The molecule has 0 bridgehead atoms. The number of aromatic hydroxyl groups is 1. The molecule has 4 aromatic rings. The first-order chi connectivity index (χ1) is 15.9. The van der Waals surface area contributed by atoms with Gasteiger partial charge in [-0.15, -0.1) is 0 Å². The molecule has 8 nitrogen and oxygen atoms in total. The molecule has 0 fully saturated rings. The summed E-state index contributed by atoms with van der Waals surface area (Å²) >= 11 is 0. The van der Waals surface area contributed by atoms with Crippen LogP contribution in [0.15, 0.2) is 88.6 Å². The molecule has 4 N–H and O–H groups in total. The minimum Gasteiger partial charge on any atom is -0.507 e. The number of phenols is 1. The SMILES string of the molecule is O=C(NCc1c[nH]c(=O)[nH]c1=O)c1ccccc1C(=O)c1ccc(O)c(-c2ccccc2)c1. The number of hydrogen-bond acceptors (Lipinski definition) is 5. The fraction of sp³-hybridized carbons (Fsp3) is 0.0400. The quantitative estimate of drug-likeness (QED) is 0.342. The van der Waals surface area contributed by atoms with Crippen LogP contribution in [0.1, 0.15) is 31.8 Å². The number of phenolic OH excluding ortho intramolecular Hbond substituents is 1. The van der Waals surface area contributed by atoms with Gasteiger partial charge in [0.15, 0.2) is 5.78 Å². The normalized spacial score (nSPS) is 10.5. The van der Waals surface area contributed by atoms with E-state index in [1.54, 1.807) is 24.3 Å². The van der Waals surface area contributed by atoms with E-state index in [2.05, 4.69) is 15.3 Å². The molecule has 3 aromatic carbocycles. The summed E-state index contributed by atoms with van der Waals surface area (Å²) in [5.74, 6) is -0.902. The predicted molar refractivity (Wildman–Crippen MR) is 122 cm³/mol. The van der Waals surface area contributed by atoms with Crippen molar-refractivity contribution in [1.29, 1.82) is 0 Å². The van der Waals surface area contributed by atoms with Gasteiger partial charge in [-0.1, -0.05) is 48.5 Å². The molecule has 0 atom stereocenters. The van der Waals surface area contributed by atoms with E-state index in [0.717, 1.165) is 5.56 Å². The van der Waals surface area contributed by atoms with E-state index in [1.807, 2.05) is 30.3 Å². The molecule has 0 spiro atoms. The molecule has 0 radical (unpaired) electrons. The minimum atomic E-state index is -0.644. The van der Waals surface area contributed by atoms with Crippen LogP contribution in [0.2, 0.25) is 0 Å². The fourth-order valence-electron chi connectivity index (χ4n) is 3.40. The molecule has 0 aliphatic rings. The first-order valence-electron chi connectivity index (χ1n) is 10.1. The Balaban J connectivity index is 1.62. The van der Waals surface area contributed by atoms with Crippen molar-refractivity contribution in [1.82, 2.24) is 15.3 Å². The molecule has 1 heterocycles. The summed E-state index contributed by atoms with van der Waals surface area (Å²) in [5.41, 5.74) is 0.785. The Morgan fingerprint density at radius 2 is 1.58 bits per heavy atom. The lowest BCUT2D eigenvalue weighted by molar-refractivity contribution is 0.0939. The third kappa shape index (κ3) is 4.64. The molecule has 0 aliphatic heterocycles. The lowest BCUT2D eigenvalue weighted by Crippen LogP contribution is -2.31. The molecule has 8 heteroatoms. The van der Waals surface area contributed by atoms with Crippen molar-refractivity contribution in [3.8, 4) is 16.9 Å². The van der Waals surface area contributed by atoms with Gasteiger partial charge in [-0.2, -0.15) is 0 Å². The van der Waals surface area contributed by atoms with Crippen molar-refractivity contribution >= 4 is 11.7 Å². The van der Waals surface area contributed by atoms with Gasteiger partial charge in [-0.25, -0.2) is 4.79 Å². The Bertz CT molecular complexity index is 1450. The maximum atomic E-state index is 13.3. The fourth-order valence-corrected chi connectivity index (χ4v) is 3.40. The highest BCUT2D eigenvalue weighted by Crippen LogP contribution is 2.30. The number of aromatic amines is 2. The van der Waals surface area contributed by atoms with Crippen LogP contribution in [0, 0.1) is 0 Å². The van der Waals surface area contributed by atoms with E-state index in [9.17, 15) is 24.3 Å². The molecule has 164 valence electrons. The largest absolute Gasteiger partial charge is 0.507 e. The molecule has 33 heavy (non-hydrogen) atoms. The van der Waals surface area contributed by atoms with Crippen molar-refractivity contribution in [2.24, 2.45) is 0 Å². The van der Waals surface area contributed by atoms with Crippen LogP contribution in [0.25, 0.3) is 11.1 Å². The molecule has 4 rings (SSSR count). The van der Waals surface area contributed by atoms with Crippen LogP contribution in [0.4, 0.5) is 0 Å². The van der Waals surface area contributed by atoms with Gasteiger partial charge in [0.1, 0.15) is 5.75 Å². The van der Waals surface area contributed by atoms with Gasteiger partial charge in [0.2, 0.25) is 0 Å². The maximum absolute atomic E-state index is 13.3. The lowest BCUT2D eigenvalue weighted by Gasteiger charge is -2.11. The molecular weight excluding hydrogens is 422 g/mol. The van der Waals surface area contributed by atoms with Crippen LogP contribution < -0.4 is 16.6 Å². The zero-order valence-electron chi connectivity index (χ0n) is 17.3. The average Bonchev–Trinajstić information content (AvgIpc) is 2.84. The summed E-state index contributed by atoms with van der Waals surface area (Å²) in [6.45, 7) is -0.134. The zero-order chi connectivity index (χ0) is 23.4. The summed E-state index contributed by atoms with van der Waals surface area (Å²) in [6, 6.07) is 20.0. The highest BCUT2D eigenvalue weighted by Gasteiger charge is 2.19. The Morgan fingerprint density at radius 1 is 0.879 bits per heavy atom. The summed E-state index contributed by atoms with van der Waals surface area (Å²) in [4.78, 5) is 53.5. The van der Waals surface area contributed by atoms with Crippen LogP contribution in [-0.2, 0) is 6.54 Å². The van der Waals surface area contributed by atoms with Crippen LogP contribution in [-0.4, -0.2) is 26.8 Å². The minimum absolute atomic E-state index is 0.0369. The summed E-state index contributed by atoms with van der Waals surface area (Å²) in [6.07, 6.45) is 1.22. The maximum Gasteiger partial charge on any atom is 0.325 e. The number of ketones is 1. The molecule has 0 unspecified atom stereocenters. The smallest absolute Gasteiger partial charge is 0.325 e. The number of benzene rings is 3. The number of hydrogen-bond donors (Lipinski definition) is 4. The van der Waals surface area contributed by atoms with Crippen molar-refractivity contribution in [3.05, 3.63) is 122 Å². The Morgan fingerprint density at radius 3 is 2.30 bits per heavy atom. The highest BCUT2D eigenvalue weighted by atomic mass is 16.3. The van der Waals surface area contributed by atoms with Gasteiger partial charge >= 0.3 is 5.69 Å². The molecular formula is C25H19N3O5. The monoisotopic (exact) mass is 441 g/mol. The van der Waals surface area contributed by atoms with Crippen molar-refractivity contribution in [2.75, 3.05) is 0 Å². The third-order valence-corrected chi connectivity index (χ3v) is 5.10. The number of nitrogens with one attached hydrogen (secondary N) is 3. The second kappa shape index (κ2) is 9.19. The number of rotatable bonds is 6. The van der Waals surface area contributed by atoms with Crippen molar-refractivity contribution < 1.29 is 14.7 Å². The topological polar surface area (TPSA) is 132 Å². The predicted octanol–water partition coefficient (Wildman–Crippen LogP) is 2.60. The van der Waals surface area contributed by atoms with Gasteiger partial charge < -0.3 is 15.4 Å². The van der Waals surface area contributed by atoms with Crippen LogP contribution in [0.5, 0.6) is 5.75 Å². The van der Waals surface area contributed by atoms with Gasteiger partial charge in [0.05, 0.1) is 11.1 Å². The van der Waals surface area contributed by atoms with Gasteiger partial charge in [0, 0.05) is 29.4 Å². The molecule has 0 saturated heterocycles. The second-order valence-electron chi connectivity index (χ2n) is 7.25. The standard InChI is InChI=1S/C25H19N3O5/c29-21-11-10-16(12-20(21)15-6-2-1-3-7-15)22(30)18-8-4-5-9-19(18)24(32)26-13-17-14-27-25(33)28-23(17)31/h1-12,14,29H,13H2,(H,26,32)(H2,27,28,31,33). The van der Waals surface area contributed by atoms with Gasteiger partial charge in [-0.3, -0.25) is 19.4 Å². The number of amides is 1. The first-order valence-corrected chi connectivity index (χ1v) is 10.1. The third-order valence-electron chi connectivity index (χ3n) is 5.10. The molecule has 0 aliphatic carbocycles. The van der Waals surface area contributed by atoms with Crippen LogP contribution >= 0.6 is 0 Å². The van der Waals surface area contributed by atoms with Crippen LogP contribution in [0.3, 0.4) is 0 Å². The van der Waals surface area contributed by atoms with Crippen molar-refractivity contribution in [3.63, 3.8) is 0 Å². The Kier molecular flexibility index (Phi) is 5.99. The molecule has 0 saturated carbocycles. The first kappa shape index (κ1) is 21.5. The van der Waals surface area contributed by atoms with E-state index in [4.69, 9.17) is 0 Å². The molecule has 1 amide bonds. The van der Waals surface area contributed by atoms with Crippen molar-refractivity contribution in [2.45, 2.75) is 6.54 Å². The number of H-pyrrole nitrogens is 2. The summed E-state index contributed by atoms with van der Waals surface area (Å²) < 4.78 is 0. The van der Waals surface area contributed by atoms with E-state index >= 15 is 0 Å². The zero-order valence-corrected chi connectivity index (χ0v) is 17.3. The molecule has 1 aromatic heterocycles. The lowest BCUT2D eigenvalue weighted by atomic mass is 9.94. The second-order valence-corrected chi connectivity index (χ2v) is 7.25. The van der Waals surface area contributed by atoms with Gasteiger partial charge in [0.25, 0.3) is 11.5 Å². The summed E-state index contributed by atoms with van der Waals surface area (Å²) in [7, 11) is 0. The average molecular weight is 441 g/mol.